The molecular formula is C11H23NO2. The summed E-state index contributed by atoms with van der Waals surface area (Å²) in [6.07, 6.45) is 4.09. The molecule has 0 aromatic rings. The zero-order chi connectivity index (χ0) is 9.52. The second-order valence-corrected chi connectivity index (χ2v) is 3.45. The Morgan fingerprint density at radius 3 is 2.50 bits per heavy atom. The Bertz CT molecular complexity index is 153. The summed E-state index contributed by atoms with van der Waals surface area (Å²) >= 11 is 0. The van der Waals surface area contributed by atoms with Gasteiger partial charge in [0.2, 0.25) is 5.91 Å². The Morgan fingerprint density at radius 2 is 1.93 bits per heavy atom. The molecule has 14 heavy (non-hydrogen) atoms. The summed E-state index contributed by atoms with van der Waals surface area (Å²) < 4.78 is 5.18. The number of hydrogen-bond acceptors (Lipinski definition) is 2. The van der Waals surface area contributed by atoms with Crippen molar-refractivity contribution in [2.45, 2.75) is 40.0 Å². The summed E-state index contributed by atoms with van der Waals surface area (Å²) in [6, 6.07) is 0. The quantitative estimate of drug-likeness (QED) is 0.652. The van der Waals surface area contributed by atoms with E-state index in [2.05, 4.69) is 6.92 Å². The average molecular weight is 201 g/mol. The van der Waals surface area contributed by atoms with Crippen molar-refractivity contribution in [2.75, 3.05) is 26.3 Å². The zero-order valence-electron chi connectivity index (χ0n) is 8.42. The van der Waals surface area contributed by atoms with Crippen molar-refractivity contribution in [3.8, 4) is 0 Å². The fraction of sp³-hybridized carbons (Fsp3) is 0.909. The molecule has 1 saturated heterocycles. The van der Waals surface area contributed by atoms with E-state index in [0.717, 1.165) is 25.9 Å². The highest BCUT2D eigenvalue weighted by atomic mass is 16.5. The summed E-state index contributed by atoms with van der Waals surface area (Å²) in [4.78, 5) is 13.5. The van der Waals surface area contributed by atoms with Gasteiger partial charge in [0.15, 0.2) is 0 Å². The highest BCUT2D eigenvalue weighted by Gasteiger charge is 2.15. The third kappa shape index (κ3) is 4.61. The van der Waals surface area contributed by atoms with Gasteiger partial charge in [-0.1, -0.05) is 27.2 Å². The van der Waals surface area contributed by atoms with Crippen molar-refractivity contribution < 1.29 is 9.53 Å². The molecule has 0 atom stereocenters. The molecule has 0 aliphatic carbocycles. The molecule has 1 aliphatic rings. The predicted molar refractivity (Wildman–Crippen MR) is 58.3 cm³/mol. The summed E-state index contributed by atoms with van der Waals surface area (Å²) in [7, 11) is 0. The largest absolute Gasteiger partial charge is 0.378 e. The molecule has 0 aromatic heterocycles. The van der Waals surface area contributed by atoms with Crippen LogP contribution in [0.3, 0.4) is 0 Å². The molecule has 0 bridgehead atoms. The standard InChI is InChI=1S/C10H19NO2.CH4/c1-2-3-4-5-10(12)11-6-8-13-9-7-11;/h2-9H2,1H3;1H4. The van der Waals surface area contributed by atoms with Crippen LogP contribution in [-0.2, 0) is 9.53 Å². The van der Waals surface area contributed by atoms with Crippen molar-refractivity contribution in [1.29, 1.82) is 0 Å². The van der Waals surface area contributed by atoms with E-state index in [1.807, 2.05) is 4.90 Å². The number of nitrogens with zero attached hydrogens (tertiary/aromatic N) is 1. The Hall–Kier alpha value is -0.570. The first-order valence-corrected chi connectivity index (χ1v) is 5.20. The molecule has 1 aliphatic heterocycles. The lowest BCUT2D eigenvalue weighted by Crippen LogP contribution is -2.40. The van der Waals surface area contributed by atoms with Gasteiger partial charge in [-0.15, -0.1) is 0 Å². The molecule has 3 heteroatoms. The van der Waals surface area contributed by atoms with Crippen LogP contribution in [0, 0.1) is 0 Å². The summed E-state index contributed by atoms with van der Waals surface area (Å²) in [5.74, 6) is 0.303. The molecule has 0 spiro atoms. The highest BCUT2D eigenvalue weighted by molar-refractivity contribution is 5.76. The second kappa shape index (κ2) is 7.80. The Kier molecular flexibility index (Phi) is 7.48. The fourth-order valence-electron chi connectivity index (χ4n) is 1.50. The molecule has 1 rings (SSSR count). The molecule has 0 saturated carbocycles. The van der Waals surface area contributed by atoms with Crippen molar-refractivity contribution in [1.82, 2.24) is 4.90 Å². The number of hydrogen-bond donors (Lipinski definition) is 0. The summed E-state index contributed by atoms with van der Waals surface area (Å²) in [6.45, 7) is 5.13. The van der Waals surface area contributed by atoms with Gasteiger partial charge in [-0.25, -0.2) is 0 Å². The SMILES string of the molecule is C.CCCCCC(=O)N1CCOCC1. The maximum Gasteiger partial charge on any atom is 0.222 e. The van der Waals surface area contributed by atoms with Gasteiger partial charge < -0.3 is 9.64 Å². The lowest BCUT2D eigenvalue weighted by atomic mass is 10.2. The van der Waals surface area contributed by atoms with Gasteiger partial charge in [-0.05, 0) is 6.42 Å². The average Bonchev–Trinajstić information content (AvgIpc) is 2.19. The zero-order valence-corrected chi connectivity index (χ0v) is 8.42. The van der Waals surface area contributed by atoms with Gasteiger partial charge in [-0.2, -0.15) is 0 Å². The lowest BCUT2D eigenvalue weighted by molar-refractivity contribution is -0.135. The van der Waals surface area contributed by atoms with Gasteiger partial charge in [-0.3, -0.25) is 4.79 Å². The number of unbranched alkanes of at least 4 members (excludes halogenated alkanes) is 2. The molecule has 0 radical (unpaired) electrons. The number of carbonyl (C=O) groups is 1. The van der Waals surface area contributed by atoms with Gasteiger partial charge in [0.05, 0.1) is 13.2 Å². The van der Waals surface area contributed by atoms with E-state index in [-0.39, 0.29) is 7.43 Å². The fourth-order valence-corrected chi connectivity index (χ4v) is 1.50. The van der Waals surface area contributed by atoms with E-state index in [1.54, 1.807) is 0 Å². The van der Waals surface area contributed by atoms with E-state index in [9.17, 15) is 4.79 Å². The van der Waals surface area contributed by atoms with Crippen molar-refractivity contribution >= 4 is 5.91 Å². The van der Waals surface area contributed by atoms with E-state index in [0.29, 0.717) is 25.5 Å². The third-order valence-corrected chi connectivity index (χ3v) is 2.36. The lowest BCUT2D eigenvalue weighted by Gasteiger charge is -2.26. The van der Waals surface area contributed by atoms with Gasteiger partial charge in [0, 0.05) is 19.5 Å². The van der Waals surface area contributed by atoms with E-state index in [1.165, 1.54) is 6.42 Å². The second-order valence-electron chi connectivity index (χ2n) is 3.45. The van der Waals surface area contributed by atoms with Crippen molar-refractivity contribution in [3.05, 3.63) is 0 Å². The van der Waals surface area contributed by atoms with Crippen LogP contribution in [-0.4, -0.2) is 37.1 Å². The minimum Gasteiger partial charge on any atom is -0.378 e. The summed E-state index contributed by atoms with van der Waals surface area (Å²) in [5, 5.41) is 0. The molecule has 0 N–H and O–H groups in total. The maximum atomic E-state index is 11.5. The molecule has 1 amide bonds. The minimum absolute atomic E-state index is 0. The first kappa shape index (κ1) is 13.4. The molecule has 1 fully saturated rings. The van der Waals surface area contributed by atoms with Crippen LogP contribution in [0.2, 0.25) is 0 Å². The van der Waals surface area contributed by atoms with Gasteiger partial charge in [0.25, 0.3) is 0 Å². The van der Waals surface area contributed by atoms with Crippen LogP contribution in [0.25, 0.3) is 0 Å². The molecule has 1 heterocycles. The summed E-state index contributed by atoms with van der Waals surface area (Å²) in [5.41, 5.74) is 0. The van der Waals surface area contributed by atoms with Crippen LogP contribution in [0.4, 0.5) is 0 Å². The van der Waals surface area contributed by atoms with Gasteiger partial charge in [0.1, 0.15) is 0 Å². The molecule has 0 aromatic carbocycles. The number of amides is 1. The normalized spacial score (nSPS) is 16.2. The van der Waals surface area contributed by atoms with E-state index >= 15 is 0 Å². The Morgan fingerprint density at radius 1 is 1.29 bits per heavy atom. The minimum atomic E-state index is 0. The molecule has 84 valence electrons. The van der Waals surface area contributed by atoms with Crippen molar-refractivity contribution in [3.63, 3.8) is 0 Å². The predicted octanol–water partition coefficient (Wildman–Crippen LogP) is 2.06. The van der Waals surface area contributed by atoms with Crippen LogP contribution < -0.4 is 0 Å². The van der Waals surface area contributed by atoms with Crippen LogP contribution in [0.15, 0.2) is 0 Å². The van der Waals surface area contributed by atoms with Gasteiger partial charge >= 0.3 is 0 Å². The first-order valence-electron chi connectivity index (χ1n) is 5.20. The smallest absolute Gasteiger partial charge is 0.222 e. The highest BCUT2D eigenvalue weighted by Crippen LogP contribution is 2.05. The molecule has 0 unspecified atom stereocenters. The maximum absolute atomic E-state index is 11.5. The van der Waals surface area contributed by atoms with Crippen LogP contribution in [0.1, 0.15) is 40.0 Å². The van der Waals surface area contributed by atoms with E-state index in [4.69, 9.17) is 4.74 Å². The van der Waals surface area contributed by atoms with E-state index < -0.39 is 0 Å². The first-order chi connectivity index (χ1) is 6.34. The third-order valence-electron chi connectivity index (χ3n) is 2.36. The monoisotopic (exact) mass is 201 g/mol. The molecule has 3 nitrogen and oxygen atoms in total. The Labute approximate surface area is 87.4 Å². The van der Waals surface area contributed by atoms with Crippen LogP contribution in [0.5, 0.6) is 0 Å². The van der Waals surface area contributed by atoms with Crippen molar-refractivity contribution in [2.24, 2.45) is 0 Å². The Balaban J connectivity index is 0.00000169. The number of carbonyl (C=O) groups excluding carboxylic acids is 1. The number of rotatable bonds is 4. The molecular weight excluding hydrogens is 178 g/mol. The van der Waals surface area contributed by atoms with Crippen LogP contribution >= 0.6 is 0 Å². The number of ether oxygens (including phenoxy) is 1. The topological polar surface area (TPSA) is 29.5 Å². The number of morpholine rings is 1.